The molecule has 23 heavy (non-hydrogen) atoms. The number of hydrogen-bond acceptors (Lipinski definition) is 2. The van der Waals surface area contributed by atoms with Gasteiger partial charge in [-0.15, -0.1) is 11.8 Å². The van der Waals surface area contributed by atoms with Crippen LogP contribution in [-0.2, 0) is 0 Å². The Hall–Kier alpha value is -0.970. The summed E-state index contributed by atoms with van der Waals surface area (Å²) in [5.41, 5.74) is -0.695. The Labute approximate surface area is 139 Å². The maximum atomic E-state index is 13.8. The molecule has 0 unspecified atom stereocenters. The largest absolute Gasteiger partial charge is 0.449 e. The molecule has 0 bridgehead atoms. The lowest BCUT2D eigenvalue weighted by Gasteiger charge is -2.18. The van der Waals surface area contributed by atoms with Crippen LogP contribution in [0.25, 0.3) is 0 Å². The molecule has 130 valence electrons. The Balaban J connectivity index is 3.26. The Morgan fingerprint density at radius 1 is 1.17 bits per heavy atom. The van der Waals surface area contributed by atoms with E-state index in [1.54, 1.807) is 0 Å². The molecule has 1 rings (SSSR count). The molecule has 0 amide bonds. The van der Waals surface area contributed by atoms with Crippen molar-refractivity contribution in [1.29, 1.82) is 0 Å². The van der Waals surface area contributed by atoms with Gasteiger partial charge < -0.3 is 4.90 Å². The molecule has 0 aromatic heterocycles. The Morgan fingerprint density at radius 2 is 1.74 bits per heavy atom. The van der Waals surface area contributed by atoms with Crippen molar-refractivity contribution in [3.05, 3.63) is 22.4 Å². The smallest absolute Gasteiger partial charge is 0.359 e. The van der Waals surface area contributed by atoms with Gasteiger partial charge in [0.25, 0.3) is 0 Å². The van der Waals surface area contributed by atoms with Crippen LogP contribution in [-0.4, -0.2) is 42.9 Å². The van der Waals surface area contributed by atoms with E-state index in [4.69, 9.17) is 0 Å². The summed E-state index contributed by atoms with van der Waals surface area (Å²) in [5, 5.41) is 0. The quantitative estimate of drug-likeness (QED) is 0.278. The van der Waals surface area contributed by atoms with Crippen molar-refractivity contribution in [2.24, 2.45) is 4.99 Å². The van der Waals surface area contributed by atoms with Gasteiger partial charge in [0.1, 0.15) is 11.5 Å². The molecule has 0 aliphatic carbocycles. The van der Waals surface area contributed by atoms with Crippen LogP contribution in [0, 0.1) is 5.82 Å². The van der Waals surface area contributed by atoms with Gasteiger partial charge in [0, 0.05) is 23.5 Å². The van der Waals surface area contributed by atoms with E-state index in [9.17, 15) is 30.7 Å². The minimum absolute atomic E-state index is 0.00149. The normalized spacial score (nSPS) is 13.4. The maximum absolute atomic E-state index is 13.8. The summed E-state index contributed by atoms with van der Waals surface area (Å²) in [6.07, 6.45) is -9.30. The van der Waals surface area contributed by atoms with Gasteiger partial charge in [-0.2, -0.15) is 26.3 Å². The molecule has 0 fully saturated rings. The molecule has 11 heteroatoms. The zero-order chi connectivity index (χ0) is 18.0. The molecular weight excluding hydrogens is 417 g/mol. The van der Waals surface area contributed by atoms with Crippen molar-refractivity contribution in [2.45, 2.75) is 17.2 Å². The summed E-state index contributed by atoms with van der Waals surface area (Å²) in [6.45, 7) is 0. The first-order valence-electron chi connectivity index (χ1n) is 5.83. The number of alkyl halides is 6. The monoisotopic (exact) mass is 426 g/mol. The molecule has 0 aliphatic rings. The summed E-state index contributed by atoms with van der Waals surface area (Å²) in [7, 11) is 2.14. The average Bonchev–Trinajstić information content (AvgIpc) is 2.33. The number of aliphatic imine (C=N–C) groups is 1. The number of halogens is 8. The second-order valence-corrected chi connectivity index (χ2v) is 6.34. The van der Waals surface area contributed by atoms with Crippen LogP contribution in [0.4, 0.5) is 36.4 Å². The third-order valence-corrected chi connectivity index (χ3v) is 4.34. The van der Waals surface area contributed by atoms with Gasteiger partial charge in [0.05, 0.1) is 5.75 Å². The van der Waals surface area contributed by atoms with E-state index >= 15 is 0 Å². The van der Waals surface area contributed by atoms with Crippen LogP contribution < -0.4 is 0 Å². The summed E-state index contributed by atoms with van der Waals surface area (Å²) in [5.74, 6) is -3.72. The van der Waals surface area contributed by atoms with E-state index < -0.39 is 35.4 Å². The van der Waals surface area contributed by atoms with E-state index in [1.165, 1.54) is 0 Å². The third-order valence-electron chi connectivity index (χ3n) is 2.30. The van der Waals surface area contributed by atoms with Gasteiger partial charge in [-0.05, 0) is 28.1 Å². The molecule has 0 saturated carbocycles. The zero-order valence-electron chi connectivity index (χ0n) is 11.7. The van der Waals surface area contributed by atoms with Crippen molar-refractivity contribution in [3.8, 4) is 0 Å². The highest BCUT2D eigenvalue weighted by Crippen LogP contribution is 2.37. The number of thioether (sulfide) groups is 1. The maximum Gasteiger partial charge on any atom is 0.449 e. The lowest BCUT2D eigenvalue weighted by atomic mass is 10.3. The van der Waals surface area contributed by atoms with E-state index in [1.807, 2.05) is 0 Å². The highest BCUT2D eigenvalue weighted by atomic mass is 79.9. The SMILES string of the molecule is CN(C)/C(=N/c1cc(SCC(F)(F)F)c(Br)cc1F)C(F)(F)F. The second-order valence-electron chi connectivity index (χ2n) is 4.47. The topological polar surface area (TPSA) is 15.6 Å². The molecular formula is C12H10BrF7N2S. The van der Waals surface area contributed by atoms with E-state index in [2.05, 4.69) is 20.9 Å². The molecule has 0 N–H and O–H groups in total. The number of rotatable bonds is 3. The first kappa shape index (κ1) is 20.1. The molecule has 0 saturated heterocycles. The number of nitrogens with zero attached hydrogens (tertiary/aromatic N) is 2. The molecule has 0 spiro atoms. The predicted octanol–water partition coefficient (Wildman–Crippen LogP) is 5.40. The molecule has 0 atom stereocenters. The van der Waals surface area contributed by atoms with Gasteiger partial charge in [0.2, 0.25) is 5.84 Å². The minimum atomic E-state index is -4.83. The zero-order valence-corrected chi connectivity index (χ0v) is 14.1. The highest BCUT2D eigenvalue weighted by Gasteiger charge is 2.38. The van der Waals surface area contributed by atoms with Crippen LogP contribution in [0.2, 0.25) is 0 Å². The summed E-state index contributed by atoms with van der Waals surface area (Å²) in [6, 6.07) is 1.62. The van der Waals surface area contributed by atoms with E-state index in [-0.39, 0.29) is 9.37 Å². The number of amidine groups is 1. The lowest BCUT2D eigenvalue weighted by molar-refractivity contribution is -0.105. The Bertz CT molecular complexity index is 596. The summed E-state index contributed by atoms with van der Waals surface area (Å²) in [4.78, 5) is 3.78. The Kier molecular flexibility index (Phi) is 6.36. The summed E-state index contributed by atoms with van der Waals surface area (Å²) >= 11 is 3.19. The van der Waals surface area contributed by atoms with Crippen molar-refractivity contribution in [3.63, 3.8) is 0 Å². The molecule has 1 aromatic carbocycles. The Morgan fingerprint density at radius 3 is 2.17 bits per heavy atom. The van der Waals surface area contributed by atoms with Crippen LogP contribution in [0.1, 0.15) is 0 Å². The standard InChI is InChI=1S/C12H10BrF7N2S/c1-22(2)10(12(18,19)20)21-8-4-9(6(13)3-7(8)14)23-5-11(15,16)17/h3-4H,5H2,1-2H3/b21-10+. The molecule has 0 radical (unpaired) electrons. The van der Waals surface area contributed by atoms with Gasteiger partial charge in [-0.3, -0.25) is 0 Å². The fraction of sp³-hybridized carbons (Fsp3) is 0.417. The second kappa shape index (κ2) is 7.29. The van der Waals surface area contributed by atoms with Gasteiger partial charge in [0.15, 0.2) is 0 Å². The van der Waals surface area contributed by atoms with E-state index in [0.717, 1.165) is 26.2 Å². The highest BCUT2D eigenvalue weighted by molar-refractivity contribution is 9.10. The predicted molar refractivity (Wildman–Crippen MR) is 77.7 cm³/mol. The van der Waals surface area contributed by atoms with Gasteiger partial charge in [-0.25, -0.2) is 9.38 Å². The fourth-order valence-corrected chi connectivity index (χ4v) is 2.78. The number of hydrogen-bond donors (Lipinski definition) is 0. The average molecular weight is 427 g/mol. The fourth-order valence-electron chi connectivity index (χ4n) is 1.41. The minimum Gasteiger partial charge on any atom is -0.359 e. The van der Waals surface area contributed by atoms with Crippen LogP contribution in [0.5, 0.6) is 0 Å². The molecule has 1 aromatic rings. The van der Waals surface area contributed by atoms with Crippen molar-refractivity contribution < 1.29 is 30.7 Å². The summed E-state index contributed by atoms with van der Waals surface area (Å²) < 4.78 is 88.9. The molecule has 0 heterocycles. The van der Waals surface area contributed by atoms with Crippen molar-refractivity contribution in [2.75, 3.05) is 19.8 Å². The lowest BCUT2D eigenvalue weighted by Crippen LogP contribution is -2.36. The van der Waals surface area contributed by atoms with Crippen LogP contribution in [0.3, 0.4) is 0 Å². The first-order valence-corrected chi connectivity index (χ1v) is 7.61. The van der Waals surface area contributed by atoms with Crippen LogP contribution in [0.15, 0.2) is 26.5 Å². The first-order chi connectivity index (χ1) is 10.3. The molecule has 2 nitrogen and oxygen atoms in total. The van der Waals surface area contributed by atoms with Crippen molar-refractivity contribution >= 4 is 39.2 Å². The van der Waals surface area contributed by atoms with Gasteiger partial charge >= 0.3 is 12.4 Å². The number of benzene rings is 1. The van der Waals surface area contributed by atoms with Gasteiger partial charge in [-0.1, -0.05) is 0 Å². The molecule has 0 aliphatic heterocycles. The third kappa shape index (κ3) is 6.21. The van der Waals surface area contributed by atoms with Crippen LogP contribution >= 0.6 is 27.7 Å². The van der Waals surface area contributed by atoms with Crippen molar-refractivity contribution in [1.82, 2.24) is 4.90 Å². The van der Waals surface area contributed by atoms with E-state index in [0.29, 0.717) is 16.7 Å².